The Hall–Kier alpha value is -2.17. The summed E-state index contributed by atoms with van der Waals surface area (Å²) in [4.78, 5) is 19.1. The van der Waals surface area contributed by atoms with E-state index in [9.17, 15) is 9.18 Å². The van der Waals surface area contributed by atoms with E-state index in [1.54, 1.807) is 18.2 Å². The van der Waals surface area contributed by atoms with Gasteiger partial charge in [-0.2, -0.15) is 0 Å². The molecule has 4 nitrogen and oxygen atoms in total. The van der Waals surface area contributed by atoms with Crippen molar-refractivity contribution in [1.29, 1.82) is 0 Å². The summed E-state index contributed by atoms with van der Waals surface area (Å²) in [5.41, 5.74) is 0.401. The summed E-state index contributed by atoms with van der Waals surface area (Å²) < 4.78 is 19.5. The third-order valence-corrected chi connectivity index (χ3v) is 5.19. The number of oxazole rings is 1. The minimum absolute atomic E-state index is 0.208. The summed E-state index contributed by atoms with van der Waals surface area (Å²) in [5.74, 6) is 0.784. The largest absolute Gasteiger partial charge is 0.441 e. The number of carbonyl (C=O) groups excluding carboxylic acids is 1. The predicted octanol–water partition coefficient (Wildman–Crippen LogP) is 4.35. The Balaban J connectivity index is 1.39. The van der Waals surface area contributed by atoms with Crippen LogP contribution in [0.5, 0.6) is 0 Å². The maximum Gasteiger partial charge on any atom is 0.223 e. The van der Waals surface area contributed by atoms with Crippen molar-refractivity contribution in [2.24, 2.45) is 0 Å². The van der Waals surface area contributed by atoms with Gasteiger partial charge in [-0.05, 0) is 37.8 Å². The topological polar surface area (TPSA) is 46.3 Å². The quantitative estimate of drug-likeness (QED) is 0.784. The molecule has 2 aliphatic carbocycles. The Kier molecular flexibility index (Phi) is 4.55. The molecule has 2 saturated carbocycles. The average Bonchev–Trinajstić information content (AvgIpc) is 3.10. The molecule has 0 saturated heterocycles. The molecule has 0 N–H and O–H groups in total. The highest BCUT2D eigenvalue weighted by Crippen LogP contribution is 2.35. The molecule has 4 rings (SSSR count). The number of hydrogen-bond acceptors (Lipinski definition) is 3. The predicted molar refractivity (Wildman–Crippen MR) is 92.3 cm³/mol. The van der Waals surface area contributed by atoms with Gasteiger partial charge in [0, 0.05) is 24.9 Å². The number of aryl methyl sites for hydroxylation is 1. The lowest BCUT2D eigenvalue weighted by Gasteiger charge is -2.29. The highest BCUT2D eigenvalue weighted by Gasteiger charge is 2.37. The Bertz CT molecular complexity index is 748. The van der Waals surface area contributed by atoms with Crippen LogP contribution in [0.3, 0.4) is 0 Å². The molecular formula is C20H23FN2O2. The summed E-state index contributed by atoms with van der Waals surface area (Å²) in [6.45, 7) is 0. The van der Waals surface area contributed by atoms with E-state index in [-0.39, 0.29) is 11.7 Å². The van der Waals surface area contributed by atoms with Gasteiger partial charge in [0.05, 0.1) is 11.8 Å². The minimum atomic E-state index is -0.331. The fraction of sp³-hybridized carbons (Fsp3) is 0.500. The van der Waals surface area contributed by atoms with E-state index in [0.717, 1.165) is 25.7 Å². The second-order valence-electron chi connectivity index (χ2n) is 7.07. The first-order valence-corrected chi connectivity index (χ1v) is 9.23. The van der Waals surface area contributed by atoms with Crippen molar-refractivity contribution >= 4 is 5.91 Å². The van der Waals surface area contributed by atoms with Gasteiger partial charge in [-0.25, -0.2) is 9.37 Å². The molecule has 0 radical (unpaired) electrons. The monoisotopic (exact) mass is 342 g/mol. The highest BCUT2D eigenvalue weighted by atomic mass is 19.1. The summed E-state index contributed by atoms with van der Waals surface area (Å²) in [6, 6.07) is 7.35. The molecule has 2 aliphatic rings. The molecule has 132 valence electrons. The number of amides is 1. The number of benzene rings is 1. The number of halogens is 1. The van der Waals surface area contributed by atoms with Crippen LogP contribution < -0.4 is 0 Å². The van der Waals surface area contributed by atoms with Crippen molar-refractivity contribution in [2.45, 2.75) is 63.5 Å². The standard InChI is InChI=1S/C20H23FN2O2/c21-17-8-4-3-7-16(17)18-13-22-19(25-18)11-12-20(24)23(15-9-10-15)14-5-1-2-6-14/h3-4,7-8,13-15H,1-2,5-6,9-12H2. The van der Waals surface area contributed by atoms with Gasteiger partial charge in [0.25, 0.3) is 0 Å². The first-order valence-electron chi connectivity index (χ1n) is 9.23. The van der Waals surface area contributed by atoms with Crippen molar-refractivity contribution in [3.05, 3.63) is 42.2 Å². The molecule has 1 aromatic carbocycles. The van der Waals surface area contributed by atoms with Crippen LogP contribution in [0.4, 0.5) is 4.39 Å². The van der Waals surface area contributed by atoms with Gasteiger partial charge in [-0.1, -0.05) is 25.0 Å². The minimum Gasteiger partial charge on any atom is -0.441 e. The van der Waals surface area contributed by atoms with Crippen LogP contribution in [0, 0.1) is 5.82 Å². The zero-order valence-corrected chi connectivity index (χ0v) is 14.3. The zero-order valence-electron chi connectivity index (χ0n) is 14.3. The van der Waals surface area contributed by atoms with Crippen LogP contribution in [0.25, 0.3) is 11.3 Å². The number of hydrogen-bond donors (Lipinski definition) is 0. The van der Waals surface area contributed by atoms with E-state index in [4.69, 9.17) is 4.42 Å². The van der Waals surface area contributed by atoms with E-state index >= 15 is 0 Å². The van der Waals surface area contributed by atoms with Crippen LogP contribution in [0.1, 0.15) is 50.8 Å². The molecule has 0 atom stereocenters. The van der Waals surface area contributed by atoms with E-state index < -0.39 is 0 Å². The first kappa shape index (κ1) is 16.3. The maximum absolute atomic E-state index is 13.8. The molecule has 25 heavy (non-hydrogen) atoms. The van der Waals surface area contributed by atoms with Gasteiger partial charge in [0.1, 0.15) is 5.82 Å². The summed E-state index contributed by atoms with van der Waals surface area (Å²) >= 11 is 0. The summed E-state index contributed by atoms with van der Waals surface area (Å²) in [5, 5.41) is 0. The van der Waals surface area contributed by atoms with Crippen molar-refractivity contribution in [2.75, 3.05) is 0 Å². The van der Waals surface area contributed by atoms with Crippen LogP contribution in [0.2, 0.25) is 0 Å². The maximum atomic E-state index is 13.8. The van der Waals surface area contributed by atoms with Crippen LogP contribution >= 0.6 is 0 Å². The van der Waals surface area contributed by atoms with Crippen molar-refractivity contribution in [3.8, 4) is 11.3 Å². The van der Waals surface area contributed by atoms with Crippen LogP contribution in [-0.4, -0.2) is 27.9 Å². The molecule has 0 bridgehead atoms. The average molecular weight is 342 g/mol. The molecule has 2 fully saturated rings. The Morgan fingerprint density at radius 2 is 1.88 bits per heavy atom. The Morgan fingerprint density at radius 3 is 2.60 bits per heavy atom. The Morgan fingerprint density at radius 1 is 1.16 bits per heavy atom. The summed E-state index contributed by atoms with van der Waals surface area (Å²) in [6.07, 6.45) is 9.41. The van der Waals surface area contributed by atoms with Crippen LogP contribution in [0.15, 0.2) is 34.9 Å². The first-order chi connectivity index (χ1) is 12.2. The lowest BCUT2D eigenvalue weighted by Crippen LogP contribution is -2.40. The number of aromatic nitrogens is 1. The van der Waals surface area contributed by atoms with Crippen molar-refractivity contribution in [3.63, 3.8) is 0 Å². The molecule has 1 aromatic heterocycles. The van der Waals surface area contributed by atoms with Gasteiger partial charge in [-0.15, -0.1) is 0 Å². The molecule has 5 heteroatoms. The normalized spacial score (nSPS) is 17.8. The van der Waals surface area contributed by atoms with Crippen LogP contribution in [-0.2, 0) is 11.2 Å². The number of rotatable bonds is 6. The molecule has 0 aliphatic heterocycles. The van der Waals surface area contributed by atoms with Gasteiger partial charge in [0.2, 0.25) is 5.91 Å². The highest BCUT2D eigenvalue weighted by molar-refractivity contribution is 5.77. The summed E-state index contributed by atoms with van der Waals surface area (Å²) in [7, 11) is 0. The molecule has 0 unspecified atom stereocenters. The number of nitrogens with zero attached hydrogens (tertiary/aromatic N) is 2. The second-order valence-corrected chi connectivity index (χ2v) is 7.07. The molecule has 1 heterocycles. The van der Waals surface area contributed by atoms with Crippen molar-refractivity contribution < 1.29 is 13.6 Å². The van der Waals surface area contributed by atoms with Gasteiger partial charge < -0.3 is 9.32 Å². The fourth-order valence-electron chi connectivity index (χ4n) is 3.79. The van der Waals surface area contributed by atoms with Crippen molar-refractivity contribution in [1.82, 2.24) is 9.88 Å². The van der Waals surface area contributed by atoms with Gasteiger partial charge in [0.15, 0.2) is 11.7 Å². The third-order valence-electron chi connectivity index (χ3n) is 5.19. The Labute approximate surface area is 147 Å². The van der Waals surface area contributed by atoms with E-state index in [2.05, 4.69) is 9.88 Å². The lowest BCUT2D eigenvalue weighted by atomic mass is 10.1. The molecule has 0 spiro atoms. The smallest absolute Gasteiger partial charge is 0.223 e. The molecule has 1 amide bonds. The molecule has 2 aromatic rings. The van der Waals surface area contributed by atoms with E-state index in [1.807, 2.05) is 0 Å². The van der Waals surface area contributed by atoms with Gasteiger partial charge in [-0.3, -0.25) is 4.79 Å². The van der Waals surface area contributed by atoms with E-state index in [0.29, 0.717) is 42.1 Å². The molecular weight excluding hydrogens is 319 g/mol. The SMILES string of the molecule is O=C(CCc1ncc(-c2ccccc2F)o1)N(C1CCCC1)C1CC1. The number of carbonyl (C=O) groups is 1. The zero-order chi connectivity index (χ0) is 17.2. The van der Waals surface area contributed by atoms with E-state index in [1.165, 1.54) is 25.1 Å². The second kappa shape index (κ2) is 6.98. The third kappa shape index (κ3) is 3.60. The van der Waals surface area contributed by atoms with Gasteiger partial charge >= 0.3 is 0 Å². The fourth-order valence-corrected chi connectivity index (χ4v) is 3.79. The lowest BCUT2D eigenvalue weighted by molar-refractivity contribution is -0.134.